The predicted octanol–water partition coefficient (Wildman–Crippen LogP) is 3.80. The Labute approximate surface area is 98.1 Å². The van der Waals surface area contributed by atoms with Crippen molar-refractivity contribution in [3.05, 3.63) is 51.6 Å². The molecule has 0 aliphatic heterocycles. The summed E-state index contributed by atoms with van der Waals surface area (Å²) in [6, 6.07) is 11.3. The van der Waals surface area contributed by atoms with Crippen LogP contribution >= 0.6 is 11.3 Å². The van der Waals surface area contributed by atoms with Crippen molar-refractivity contribution < 1.29 is 0 Å². The summed E-state index contributed by atoms with van der Waals surface area (Å²) in [5.74, 6) is 0. The van der Waals surface area contributed by atoms with Crippen LogP contribution in [0.2, 0.25) is 0 Å². The molecule has 0 unspecified atom stereocenters. The van der Waals surface area contributed by atoms with E-state index >= 15 is 0 Å². The average molecular weight is 232 g/mol. The van der Waals surface area contributed by atoms with Crippen molar-refractivity contribution in [2.45, 2.75) is 6.42 Å². The second kappa shape index (κ2) is 5.42. The number of hydrogen-bond donors (Lipinski definition) is 1. The standard InChI is InChI=1S/C12H12N2OS/c15-14-11-5-3-10(4-6-11)13-8-7-12-2-1-9-16-12/h1-6,9,13H,7-8H2. The Balaban J connectivity index is 1.83. The molecular weight excluding hydrogens is 220 g/mol. The summed E-state index contributed by atoms with van der Waals surface area (Å²) in [6.45, 7) is 0.897. The lowest BCUT2D eigenvalue weighted by atomic mass is 10.2. The molecule has 0 bridgehead atoms. The van der Waals surface area contributed by atoms with Crippen LogP contribution in [0.1, 0.15) is 4.88 Å². The van der Waals surface area contributed by atoms with Gasteiger partial charge in [-0.1, -0.05) is 6.07 Å². The molecule has 3 nitrogen and oxygen atoms in total. The zero-order valence-electron chi connectivity index (χ0n) is 8.72. The number of hydrogen-bond acceptors (Lipinski definition) is 4. The molecule has 0 atom stereocenters. The van der Waals surface area contributed by atoms with E-state index in [1.165, 1.54) is 4.88 Å². The quantitative estimate of drug-likeness (QED) is 0.796. The first kappa shape index (κ1) is 10.8. The van der Waals surface area contributed by atoms with Crippen LogP contribution in [0.3, 0.4) is 0 Å². The molecule has 0 radical (unpaired) electrons. The topological polar surface area (TPSA) is 41.5 Å². The minimum atomic E-state index is 0.462. The largest absolute Gasteiger partial charge is 0.385 e. The molecule has 1 aromatic heterocycles. The van der Waals surface area contributed by atoms with E-state index in [1.54, 1.807) is 23.5 Å². The van der Waals surface area contributed by atoms with Gasteiger partial charge in [0.25, 0.3) is 0 Å². The predicted molar refractivity (Wildman–Crippen MR) is 68.4 cm³/mol. The van der Waals surface area contributed by atoms with E-state index in [9.17, 15) is 4.91 Å². The lowest BCUT2D eigenvalue weighted by Gasteiger charge is -2.04. The lowest BCUT2D eigenvalue weighted by molar-refractivity contribution is 1.04. The van der Waals surface area contributed by atoms with Crippen LogP contribution < -0.4 is 5.32 Å². The molecule has 2 aromatic rings. The summed E-state index contributed by atoms with van der Waals surface area (Å²) in [5, 5.41) is 8.24. The van der Waals surface area contributed by atoms with E-state index in [4.69, 9.17) is 0 Å². The molecule has 0 aliphatic carbocycles. The van der Waals surface area contributed by atoms with Gasteiger partial charge in [-0.05, 0) is 47.3 Å². The van der Waals surface area contributed by atoms with Crippen molar-refractivity contribution in [1.82, 2.24) is 0 Å². The molecule has 1 aromatic carbocycles. The maximum absolute atomic E-state index is 10.2. The van der Waals surface area contributed by atoms with Gasteiger partial charge in [0.2, 0.25) is 0 Å². The minimum Gasteiger partial charge on any atom is -0.385 e. The summed E-state index contributed by atoms with van der Waals surface area (Å²) in [7, 11) is 0. The highest BCUT2D eigenvalue weighted by atomic mass is 32.1. The van der Waals surface area contributed by atoms with E-state index in [-0.39, 0.29) is 0 Å². The van der Waals surface area contributed by atoms with Gasteiger partial charge in [-0.3, -0.25) is 0 Å². The van der Waals surface area contributed by atoms with Gasteiger partial charge in [0.15, 0.2) is 0 Å². The highest BCUT2D eigenvalue weighted by Gasteiger charge is 1.95. The second-order valence-electron chi connectivity index (χ2n) is 3.39. The number of nitrogens with zero attached hydrogens (tertiary/aromatic N) is 1. The molecule has 1 heterocycles. The number of anilines is 1. The van der Waals surface area contributed by atoms with Gasteiger partial charge in [0.05, 0.1) is 0 Å². The fourth-order valence-corrected chi connectivity index (χ4v) is 2.13. The number of thiophene rings is 1. The van der Waals surface area contributed by atoms with Crippen LogP contribution in [0.4, 0.5) is 11.4 Å². The van der Waals surface area contributed by atoms with E-state index in [0.29, 0.717) is 5.69 Å². The van der Waals surface area contributed by atoms with Crippen LogP contribution in [0.5, 0.6) is 0 Å². The van der Waals surface area contributed by atoms with Crippen LogP contribution in [0.15, 0.2) is 47.0 Å². The molecule has 0 spiro atoms. The summed E-state index contributed by atoms with van der Waals surface area (Å²) in [6.07, 6.45) is 1.02. The molecular formula is C12H12N2OS. The van der Waals surface area contributed by atoms with Crippen LogP contribution in [0.25, 0.3) is 0 Å². The van der Waals surface area contributed by atoms with Crippen molar-refractivity contribution >= 4 is 22.7 Å². The third kappa shape index (κ3) is 2.90. The Morgan fingerprint density at radius 2 is 2.00 bits per heavy atom. The van der Waals surface area contributed by atoms with Crippen molar-refractivity contribution in [2.24, 2.45) is 5.18 Å². The van der Waals surface area contributed by atoms with Crippen molar-refractivity contribution in [3.8, 4) is 0 Å². The monoisotopic (exact) mass is 232 g/mol. The maximum atomic E-state index is 10.2. The van der Waals surface area contributed by atoms with E-state index in [1.807, 2.05) is 12.1 Å². The van der Waals surface area contributed by atoms with Crippen molar-refractivity contribution in [2.75, 3.05) is 11.9 Å². The van der Waals surface area contributed by atoms with E-state index in [0.717, 1.165) is 18.7 Å². The molecule has 16 heavy (non-hydrogen) atoms. The fourth-order valence-electron chi connectivity index (χ4n) is 1.43. The number of nitroso groups, excluding NO2 is 1. The summed E-state index contributed by atoms with van der Waals surface area (Å²) in [4.78, 5) is 11.6. The fraction of sp³-hybridized carbons (Fsp3) is 0.167. The first-order chi connectivity index (χ1) is 7.88. The Bertz CT molecular complexity index is 437. The van der Waals surface area contributed by atoms with E-state index < -0.39 is 0 Å². The van der Waals surface area contributed by atoms with Crippen LogP contribution in [-0.2, 0) is 6.42 Å². The number of rotatable bonds is 5. The first-order valence-corrected chi connectivity index (χ1v) is 5.96. The normalized spacial score (nSPS) is 10.0. The smallest absolute Gasteiger partial charge is 0.108 e. The zero-order valence-corrected chi connectivity index (χ0v) is 9.54. The highest BCUT2D eigenvalue weighted by molar-refractivity contribution is 7.09. The molecule has 0 fully saturated rings. The lowest BCUT2D eigenvalue weighted by Crippen LogP contribution is -2.03. The van der Waals surface area contributed by atoms with Crippen LogP contribution in [-0.4, -0.2) is 6.54 Å². The summed E-state index contributed by atoms with van der Waals surface area (Å²) < 4.78 is 0. The third-order valence-corrected chi connectivity index (χ3v) is 3.19. The van der Waals surface area contributed by atoms with Gasteiger partial charge in [0, 0.05) is 17.1 Å². The van der Waals surface area contributed by atoms with Gasteiger partial charge in [-0.2, -0.15) is 0 Å². The van der Waals surface area contributed by atoms with E-state index in [2.05, 4.69) is 28.0 Å². The van der Waals surface area contributed by atoms with Crippen molar-refractivity contribution in [1.29, 1.82) is 0 Å². The highest BCUT2D eigenvalue weighted by Crippen LogP contribution is 2.16. The molecule has 82 valence electrons. The molecule has 2 rings (SSSR count). The third-order valence-electron chi connectivity index (χ3n) is 2.25. The van der Waals surface area contributed by atoms with Gasteiger partial charge >= 0.3 is 0 Å². The van der Waals surface area contributed by atoms with Crippen LogP contribution in [0, 0.1) is 4.91 Å². The number of nitrogens with one attached hydrogen (secondary N) is 1. The van der Waals surface area contributed by atoms with Crippen molar-refractivity contribution in [3.63, 3.8) is 0 Å². The molecule has 0 amide bonds. The van der Waals surface area contributed by atoms with Gasteiger partial charge < -0.3 is 5.32 Å². The Hall–Kier alpha value is -1.68. The van der Waals surface area contributed by atoms with Gasteiger partial charge in [-0.15, -0.1) is 16.2 Å². The SMILES string of the molecule is O=Nc1ccc(NCCc2cccs2)cc1. The molecule has 1 N–H and O–H groups in total. The molecule has 0 saturated heterocycles. The Morgan fingerprint density at radius 1 is 1.19 bits per heavy atom. The summed E-state index contributed by atoms with van der Waals surface area (Å²) >= 11 is 1.77. The first-order valence-electron chi connectivity index (χ1n) is 5.08. The Morgan fingerprint density at radius 3 is 2.62 bits per heavy atom. The van der Waals surface area contributed by atoms with Gasteiger partial charge in [-0.25, -0.2) is 0 Å². The molecule has 4 heteroatoms. The summed E-state index contributed by atoms with van der Waals surface area (Å²) in [5.41, 5.74) is 1.48. The number of benzene rings is 1. The molecule has 0 aliphatic rings. The Kier molecular flexibility index (Phi) is 3.66. The minimum absolute atomic E-state index is 0.462. The maximum Gasteiger partial charge on any atom is 0.108 e. The average Bonchev–Trinajstić information content (AvgIpc) is 2.83. The second-order valence-corrected chi connectivity index (χ2v) is 4.43. The molecule has 0 saturated carbocycles. The van der Waals surface area contributed by atoms with Gasteiger partial charge in [0.1, 0.15) is 5.69 Å². The zero-order chi connectivity index (χ0) is 11.2.